The molecule has 1 saturated heterocycles. The molecule has 1 N–H and O–H groups in total. The summed E-state index contributed by atoms with van der Waals surface area (Å²) in [6.07, 6.45) is 2.37. The minimum absolute atomic E-state index is 0.0160. The van der Waals surface area contributed by atoms with E-state index in [0.29, 0.717) is 5.54 Å². The van der Waals surface area contributed by atoms with Gasteiger partial charge in [0.15, 0.2) is 0 Å². The fourth-order valence-corrected chi connectivity index (χ4v) is 1.71. The number of ether oxygens (including phenoxy) is 1. The van der Waals surface area contributed by atoms with Crippen LogP contribution in [0.2, 0.25) is 0 Å². The first-order chi connectivity index (χ1) is 4.97. The van der Waals surface area contributed by atoms with Crippen LogP contribution in [0.1, 0.15) is 33.6 Å². The molecular weight excluding hydrogens is 138 g/mol. The quantitative estimate of drug-likeness (QED) is 0.671. The van der Waals surface area contributed by atoms with E-state index in [0.717, 1.165) is 13.0 Å². The molecule has 1 aliphatic rings. The SMILES string of the molecule is COC(C)(C)CC1(C)CCN1. The maximum Gasteiger partial charge on any atom is 0.0640 e. The molecule has 1 atom stereocenters. The van der Waals surface area contributed by atoms with E-state index in [9.17, 15) is 0 Å². The fourth-order valence-electron chi connectivity index (χ4n) is 1.71. The van der Waals surface area contributed by atoms with Crippen molar-refractivity contribution in [1.29, 1.82) is 0 Å². The van der Waals surface area contributed by atoms with Gasteiger partial charge in [0.1, 0.15) is 0 Å². The van der Waals surface area contributed by atoms with Crippen LogP contribution < -0.4 is 5.32 Å². The molecule has 1 aliphatic heterocycles. The lowest BCUT2D eigenvalue weighted by atomic mass is 9.80. The third-order valence-electron chi connectivity index (χ3n) is 2.60. The predicted molar refractivity (Wildman–Crippen MR) is 46.7 cm³/mol. The van der Waals surface area contributed by atoms with Crippen molar-refractivity contribution in [3.63, 3.8) is 0 Å². The maximum absolute atomic E-state index is 5.37. The molecular formula is C9H19NO. The first-order valence-corrected chi connectivity index (χ1v) is 4.28. The van der Waals surface area contributed by atoms with E-state index in [1.165, 1.54) is 6.42 Å². The summed E-state index contributed by atoms with van der Waals surface area (Å²) in [5.74, 6) is 0. The Hall–Kier alpha value is -0.0800. The summed E-state index contributed by atoms with van der Waals surface area (Å²) in [5, 5.41) is 3.43. The van der Waals surface area contributed by atoms with E-state index in [2.05, 4.69) is 26.1 Å². The van der Waals surface area contributed by atoms with Gasteiger partial charge in [-0.3, -0.25) is 0 Å². The van der Waals surface area contributed by atoms with Gasteiger partial charge in [0.2, 0.25) is 0 Å². The number of nitrogens with one attached hydrogen (secondary N) is 1. The van der Waals surface area contributed by atoms with Gasteiger partial charge in [-0.1, -0.05) is 0 Å². The monoisotopic (exact) mass is 157 g/mol. The Morgan fingerprint density at radius 2 is 2.09 bits per heavy atom. The molecule has 11 heavy (non-hydrogen) atoms. The van der Waals surface area contributed by atoms with E-state index < -0.39 is 0 Å². The van der Waals surface area contributed by atoms with E-state index in [-0.39, 0.29) is 5.60 Å². The lowest BCUT2D eigenvalue weighted by Gasteiger charge is -2.44. The largest absolute Gasteiger partial charge is 0.379 e. The minimum atomic E-state index is 0.0160. The summed E-state index contributed by atoms with van der Waals surface area (Å²) in [7, 11) is 1.78. The van der Waals surface area contributed by atoms with Crippen molar-refractivity contribution in [1.82, 2.24) is 5.32 Å². The van der Waals surface area contributed by atoms with Crippen LogP contribution in [0.25, 0.3) is 0 Å². The zero-order valence-electron chi connectivity index (χ0n) is 8.03. The topological polar surface area (TPSA) is 21.3 Å². The van der Waals surface area contributed by atoms with Crippen molar-refractivity contribution in [3.8, 4) is 0 Å². The average Bonchev–Trinajstić information content (AvgIpc) is 1.84. The molecule has 0 aliphatic carbocycles. The van der Waals surface area contributed by atoms with Crippen LogP contribution >= 0.6 is 0 Å². The Morgan fingerprint density at radius 3 is 2.36 bits per heavy atom. The minimum Gasteiger partial charge on any atom is -0.379 e. The number of rotatable bonds is 3. The Morgan fingerprint density at radius 1 is 1.55 bits per heavy atom. The van der Waals surface area contributed by atoms with Crippen LogP contribution in [0.15, 0.2) is 0 Å². The zero-order valence-corrected chi connectivity index (χ0v) is 8.03. The first kappa shape index (κ1) is 9.01. The number of methoxy groups -OCH3 is 1. The Balaban J connectivity index is 2.40. The molecule has 0 radical (unpaired) electrons. The van der Waals surface area contributed by atoms with Crippen LogP contribution in [0.4, 0.5) is 0 Å². The molecule has 2 nitrogen and oxygen atoms in total. The van der Waals surface area contributed by atoms with Crippen LogP contribution in [-0.2, 0) is 4.74 Å². The highest BCUT2D eigenvalue weighted by Gasteiger charge is 2.36. The lowest BCUT2D eigenvalue weighted by Crippen LogP contribution is -2.57. The van der Waals surface area contributed by atoms with Crippen molar-refractivity contribution in [2.24, 2.45) is 0 Å². The summed E-state index contributed by atoms with van der Waals surface area (Å²) in [6, 6.07) is 0. The van der Waals surface area contributed by atoms with Gasteiger partial charge in [-0.05, 0) is 40.2 Å². The second-order valence-corrected chi connectivity index (χ2v) is 4.38. The Labute approximate surface area is 69.3 Å². The van der Waals surface area contributed by atoms with E-state index >= 15 is 0 Å². The van der Waals surface area contributed by atoms with E-state index in [4.69, 9.17) is 4.74 Å². The molecule has 0 saturated carbocycles. The van der Waals surface area contributed by atoms with Gasteiger partial charge in [-0.15, -0.1) is 0 Å². The third kappa shape index (κ3) is 2.17. The molecule has 0 amide bonds. The summed E-state index contributed by atoms with van der Waals surface area (Å²) < 4.78 is 5.37. The highest BCUT2D eigenvalue weighted by atomic mass is 16.5. The summed E-state index contributed by atoms with van der Waals surface area (Å²) in [5.41, 5.74) is 0.349. The summed E-state index contributed by atoms with van der Waals surface area (Å²) in [6.45, 7) is 7.70. The van der Waals surface area contributed by atoms with Gasteiger partial charge in [0, 0.05) is 12.6 Å². The van der Waals surface area contributed by atoms with Gasteiger partial charge < -0.3 is 10.1 Å². The van der Waals surface area contributed by atoms with E-state index in [1.807, 2.05) is 0 Å². The molecule has 1 heterocycles. The van der Waals surface area contributed by atoms with Crippen molar-refractivity contribution < 1.29 is 4.74 Å². The van der Waals surface area contributed by atoms with Gasteiger partial charge in [-0.2, -0.15) is 0 Å². The molecule has 1 fully saturated rings. The molecule has 0 aromatic heterocycles. The second-order valence-electron chi connectivity index (χ2n) is 4.38. The molecule has 0 aromatic rings. The van der Waals surface area contributed by atoms with Crippen molar-refractivity contribution in [2.75, 3.05) is 13.7 Å². The molecule has 0 aromatic carbocycles. The highest BCUT2D eigenvalue weighted by molar-refractivity contribution is 4.96. The first-order valence-electron chi connectivity index (χ1n) is 4.28. The summed E-state index contributed by atoms with van der Waals surface area (Å²) in [4.78, 5) is 0. The van der Waals surface area contributed by atoms with Crippen LogP contribution in [0.3, 0.4) is 0 Å². The molecule has 2 heteroatoms. The number of hydrogen-bond acceptors (Lipinski definition) is 2. The van der Waals surface area contributed by atoms with Gasteiger partial charge in [0.05, 0.1) is 5.60 Å². The van der Waals surface area contributed by atoms with Crippen molar-refractivity contribution in [2.45, 2.75) is 44.8 Å². The van der Waals surface area contributed by atoms with Crippen LogP contribution in [-0.4, -0.2) is 24.8 Å². The Bertz CT molecular complexity index is 129. The standard InChI is InChI=1S/C9H19NO/c1-8(2,11-4)7-9(3)5-6-10-9/h10H,5-7H2,1-4H3. The van der Waals surface area contributed by atoms with Crippen LogP contribution in [0.5, 0.6) is 0 Å². The molecule has 66 valence electrons. The average molecular weight is 157 g/mol. The van der Waals surface area contributed by atoms with Gasteiger partial charge in [0.25, 0.3) is 0 Å². The Kier molecular flexibility index (Phi) is 2.26. The van der Waals surface area contributed by atoms with E-state index in [1.54, 1.807) is 7.11 Å². The van der Waals surface area contributed by atoms with Crippen molar-refractivity contribution in [3.05, 3.63) is 0 Å². The number of hydrogen-bond donors (Lipinski definition) is 1. The highest BCUT2D eigenvalue weighted by Crippen LogP contribution is 2.29. The molecule has 0 bridgehead atoms. The zero-order chi connectivity index (χ0) is 8.54. The normalized spacial score (nSPS) is 31.6. The third-order valence-corrected chi connectivity index (χ3v) is 2.60. The fraction of sp³-hybridized carbons (Fsp3) is 1.00. The van der Waals surface area contributed by atoms with Gasteiger partial charge >= 0.3 is 0 Å². The van der Waals surface area contributed by atoms with Crippen molar-refractivity contribution >= 4 is 0 Å². The van der Waals surface area contributed by atoms with Crippen LogP contribution in [0, 0.1) is 0 Å². The lowest BCUT2D eigenvalue weighted by molar-refractivity contribution is -0.0180. The summed E-state index contributed by atoms with van der Waals surface area (Å²) >= 11 is 0. The predicted octanol–water partition coefficient (Wildman–Crippen LogP) is 1.55. The molecule has 1 rings (SSSR count). The molecule has 1 unspecified atom stereocenters. The van der Waals surface area contributed by atoms with Gasteiger partial charge in [-0.25, -0.2) is 0 Å². The molecule has 0 spiro atoms. The smallest absolute Gasteiger partial charge is 0.0640 e. The maximum atomic E-state index is 5.37. The second kappa shape index (κ2) is 2.76.